The molecule has 0 spiro atoms. The van der Waals surface area contributed by atoms with Crippen molar-refractivity contribution < 1.29 is 14.0 Å². The molecule has 49 heavy (non-hydrogen) atoms. The third-order valence-electron chi connectivity index (χ3n) is 13.3. The summed E-state index contributed by atoms with van der Waals surface area (Å²) in [4.78, 5) is 1.27. The zero-order chi connectivity index (χ0) is 36.7. The Morgan fingerprint density at radius 1 is 0.898 bits per heavy atom. The first-order valence-corrected chi connectivity index (χ1v) is 26.1. The number of hydrogen-bond acceptors (Lipinski definition) is 4. The standard InChI is InChI=1S/C43H72O3SSi2/c1-29-19-21-33(37-24-23-36(40(29)37)30(2)28-47-35-18-16-17-34(27-35)43(10,11)44)22-20-32-25-38(45-48(12,13)41(4,5)6)31(3)39(26-32)46-49(14,15)42(7,8)9/h16-18,20,22,27,29-30,36-40,44H,3,19,21,23-26,28H2,1-2,4-15H3/b33-22+/t29-,30-,36-,37-,38+,39+,40?/m0/s1. The fourth-order valence-electron chi connectivity index (χ4n) is 7.96. The monoisotopic (exact) mass is 724 g/mol. The van der Waals surface area contributed by atoms with E-state index in [9.17, 15) is 5.11 Å². The lowest BCUT2D eigenvalue weighted by Gasteiger charge is -2.46. The van der Waals surface area contributed by atoms with Gasteiger partial charge in [-0.2, -0.15) is 0 Å². The topological polar surface area (TPSA) is 38.7 Å². The van der Waals surface area contributed by atoms with Crippen LogP contribution in [0.2, 0.25) is 36.3 Å². The van der Waals surface area contributed by atoms with E-state index in [0.717, 1.165) is 47.5 Å². The van der Waals surface area contributed by atoms with Gasteiger partial charge in [-0.1, -0.05) is 97.4 Å². The van der Waals surface area contributed by atoms with Crippen LogP contribution in [0.1, 0.15) is 113 Å². The van der Waals surface area contributed by atoms with Crippen LogP contribution >= 0.6 is 11.8 Å². The number of hydrogen-bond donors (Lipinski definition) is 1. The van der Waals surface area contributed by atoms with E-state index in [2.05, 4.69) is 119 Å². The largest absolute Gasteiger partial charge is 0.410 e. The van der Waals surface area contributed by atoms with Crippen molar-refractivity contribution in [1.29, 1.82) is 0 Å². The molecule has 0 aromatic heterocycles. The number of allylic oxidation sites excluding steroid dienone is 3. The Balaban J connectivity index is 1.53. The van der Waals surface area contributed by atoms with E-state index in [0.29, 0.717) is 11.8 Å². The summed E-state index contributed by atoms with van der Waals surface area (Å²) in [6.45, 7) is 36.9. The Morgan fingerprint density at radius 3 is 2.00 bits per heavy atom. The molecule has 7 atom stereocenters. The van der Waals surface area contributed by atoms with Crippen molar-refractivity contribution in [3.8, 4) is 0 Å². The fraction of sp³-hybridized carbons (Fsp3) is 0.721. The summed E-state index contributed by atoms with van der Waals surface area (Å²) in [6, 6.07) is 8.50. The predicted octanol–water partition coefficient (Wildman–Crippen LogP) is 12.7. The van der Waals surface area contributed by atoms with Crippen molar-refractivity contribution in [1.82, 2.24) is 0 Å². The van der Waals surface area contributed by atoms with Gasteiger partial charge in [-0.05, 0) is 141 Å². The summed E-state index contributed by atoms with van der Waals surface area (Å²) >= 11 is 1.97. The van der Waals surface area contributed by atoms with Crippen LogP contribution in [-0.4, -0.2) is 39.7 Å². The highest BCUT2D eigenvalue weighted by Gasteiger charge is 2.46. The van der Waals surface area contributed by atoms with Gasteiger partial charge >= 0.3 is 0 Å². The Bertz CT molecular complexity index is 1330. The summed E-state index contributed by atoms with van der Waals surface area (Å²) in [7, 11) is -3.98. The van der Waals surface area contributed by atoms with Crippen LogP contribution in [-0.2, 0) is 14.5 Å². The van der Waals surface area contributed by atoms with Crippen molar-refractivity contribution >= 4 is 28.4 Å². The molecule has 0 heterocycles. The van der Waals surface area contributed by atoms with Crippen LogP contribution in [0.5, 0.6) is 0 Å². The Morgan fingerprint density at radius 2 is 1.47 bits per heavy atom. The molecule has 1 N–H and O–H groups in total. The van der Waals surface area contributed by atoms with E-state index in [1.165, 1.54) is 36.2 Å². The van der Waals surface area contributed by atoms with Crippen LogP contribution in [0.25, 0.3) is 0 Å². The zero-order valence-corrected chi connectivity index (χ0v) is 36.7. The Labute approximate surface area is 308 Å². The van der Waals surface area contributed by atoms with Gasteiger partial charge in [0, 0.05) is 10.6 Å². The number of aliphatic hydroxyl groups is 1. The molecule has 3 nitrogen and oxygen atoms in total. The minimum absolute atomic E-state index is 0.0199. The minimum atomic E-state index is -1.99. The SMILES string of the molecule is C=C1[C@H](O[Si](C)(C)C(C)(C)C)CC(=C/C=C2\CC[C@H](C)C3[C@H]([C@@H](C)CSc4cccc(C(C)(C)O)c4)CC[C@@H]23)C[C@H]1O[Si](C)(C)C(C)(C)C. The van der Waals surface area contributed by atoms with Crippen molar-refractivity contribution in [2.24, 2.45) is 29.6 Å². The summed E-state index contributed by atoms with van der Waals surface area (Å²) in [6.07, 6.45) is 12.1. The molecule has 0 aliphatic heterocycles. The lowest BCUT2D eigenvalue weighted by Crippen LogP contribution is -2.49. The summed E-state index contributed by atoms with van der Waals surface area (Å²) in [5.74, 6) is 4.81. The molecule has 3 aliphatic rings. The van der Waals surface area contributed by atoms with Crippen LogP contribution in [0, 0.1) is 29.6 Å². The first-order valence-electron chi connectivity index (χ1n) is 19.3. The molecule has 3 aliphatic carbocycles. The quantitative estimate of drug-likeness (QED) is 0.148. The maximum atomic E-state index is 10.5. The van der Waals surface area contributed by atoms with E-state index in [4.69, 9.17) is 8.85 Å². The zero-order valence-electron chi connectivity index (χ0n) is 33.8. The van der Waals surface area contributed by atoms with Gasteiger partial charge in [0.2, 0.25) is 0 Å². The van der Waals surface area contributed by atoms with E-state index in [-0.39, 0.29) is 22.3 Å². The van der Waals surface area contributed by atoms with Gasteiger partial charge in [-0.3, -0.25) is 0 Å². The third-order valence-corrected chi connectivity index (χ3v) is 23.6. The first-order chi connectivity index (χ1) is 22.4. The molecule has 0 radical (unpaired) electrons. The van der Waals surface area contributed by atoms with Gasteiger partial charge < -0.3 is 14.0 Å². The maximum Gasteiger partial charge on any atom is 0.192 e. The predicted molar refractivity (Wildman–Crippen MR) is 218 cm³/mol. The second kappa shape index (κ2) is 15.2. The van der Waals surface area contributed by atoms with Gasteiger partial charge in [0.25, 0.3) is 0 Å². The number of rotatable bonds is 10. The molecule has 0 bridgehead atoms. The summed E-state index contributed by atoms with van der Waals surface area (Å²) in [5, 5.41) is 10.8. The second-order valence-corrected chi connectivity index (χ2v) is 30.2. The van der Waals surface area contributed by atoms with Crippen molar-refractivity contribution in [3.05, 3.63) is 65.3 Å². The summed E-state index contributed by atoms with van der Waals surface area (Å²) < 4.78 is 14.2. The molecule has 0 saturated heterocycles. The highest BCUT2D eigenvalue weighted by atomic mass is 32.2. The number of benzene rings is 1. The normalized spacial score (nSPS) is 28.9. The Hall–Kier alpha value is -0.896. The van der Waals surface area contributed by atoms with E-state index in [1.807, 2.05) is 31.7 Å². The smallest absolute Gasteiger partial charge is 0.192 e. The number of thioether (sulfide) groups is 1. The molecule has 1 unspecified atom stereocenters. The molecule has 3 fully saturated rings. The van der Waals surface area contributed by atoms with Crippen LogP contribution in [0.15, 0.2) is 64.6 Å². The maximum absolute atomic E-state index is 10.5. The minimum Gasteiger partial charge on any atom is -0.410 e. The molecule has 0 amide bonds. The lowest BCUT2D eigenvalue weighted by atomic mass is 9.67. The highest BCUT2D eigenvalue weighted by Crippen LogP contribution is 2.54. The van der Waals surface area contributed by atoms with E-state index in [1.54, 1.807) is 5.57 Å². The highest BCUT2D eigenvalue weighted by molar-refractivity contribution is 7.99. The second-order valence-electron chi connectivity index (χ2n) is 19.6. The average molecular weight is 725 g/mol. The fourth-order valence-corrected chi connectivity index (χ4v) is 11.6. The van der Waals surface area contributed by atoms with Gasteiger partial charge in [0.15, 0.2) is 16.6 Å². The number of fused-ring (bicyclic) bond motifs is 1. The van der Waals surface area contributed by atoms with Gasteiger partial charge in [0.1, 0.15) is 0 Å². The van der Waals surface area contributed by atoms with Crippen LogP contribution in [0.3, 0.4) is 0 Å². The van der Waals surface area contributed by atoms with E-state index < -0.39 is 22.2 Å². The summed E-state index contributed by atoms with van der Waals surface area (Å²) in [5.41, 5.74) is 4.50. The molecular weight excluding hydrogens is 653 g/mol. The molecule has 276 valence electrons. The van der Waals surface area contributed by atoms with Gasteiger partial charge in [0.05, 0.1) is 17.8 Å². The lowest BCUT2D eigenvalue weighted by molar-refractivity contribution is 0.0784. The van der Waals surface area contributed by atoms with Crippen LogP contribution in [0.4, 0.5) is 0 Å². The molecule has 3 saturated carbocycles. The average Bonchev–Trinajstić information content (AvgIpc) is 3.43. The first kappa shape index (κ1) is 40.9. The van der Waals surface area contributed by atoms with Gasteiger partial charge in [-0.15, -0.1) is 11.8 Å². The van der Waals surface area contributed by atoms with Gasteiger partial charge in [-0.25, -0.2) is 0 Å². The van der Waals surface area contributed by atoms with Crippen molar-refractivity contribution in [2.75, 3.05) is 5.75 Å². The third kappa shape index (κ3) is 9.76. The van der Waals surface area contributed by atoms with Crippen molar-refractivity contribution in [3.63, 3.8) is 0 Å². The van der Waals surface area contributed by atoms with Crippen LogP contribution < -0.4 is 0 Å². The van der Waals surface area contributed by atoms with E-state index >= 15 is 0 Å². The molecule has 4 rings (SSSR count). The van der Waals surface area contributed by atoms with Crippen molar-refractivity contribution in [2.45, 2.75) is 167 Å². The molecule has 6 heteroatoms. The molecular formula is C43H72O3SSi2. The molecule has 1 aromatic rings. The Kier molecular flexibility index (Phi) is 12.7. The molecule has 1 aromatic carbocycles.